The van der Waals surface area contributed by atoms with E-state index in [4.69, 9.17) is 16.7 Å². The number of nitrogens with zero attached hydrogens (tertiary/aromatic N) is 2. The highest BCUT2D eigenvalue weighted by atomic mass is 35.5. The summed E-state index contributed by atoms with van der Waals surface area (Å²) in [4.78, 5) is 8.87. The number of hydrogen-bond acceptors (Lipinski definition) is 4. The topological polar surface area (TPSA) is 46.0 Å². The van der Waals surface area contributed by atoms with Gasteiger partial charge in [-0.1, -0.05) is 11.6 Å². The van der Waals surface area contributed by atoms with Crippen molar-refractivity contribution >= 4 is 23.4 Å². The number of hydrogen-bond donors (Lipinski definition) is 1. The van der Waals surface area contributed by atoms with Crippen LogP contribution in [0.4, 0.5) is 0 Å². The molecular formula is C11H15ClN2OS. The third-order valence-corrected chi connectivity index (χ3v) is 4.07. The van der Waals surface area contributed by atoms with Crippen molar-refractivity contribution < 1.29 is 5.11 Å². The zero-order chi connectivity index (χ0) is 11.5. The van der Waals surface area contributed by atoms with Gasteiger partial charge in [0.2, 0.25) is 0 Å². The lowest BCUT2D eigenvalue weighted by Gasteiger charge is -2.07. The first-order valence-corrected chi connectivity index (χ1v) is 6.86. The number of halogens is 1. The Morgan fingerprint density at radius 2 is 2.19 bits per heavy atom. The Morgan fingerprint density at radius 3 is 2.81 bits per heavy atom. The van der Waals surface area contributed by atoms with Crippen molar-refractivity contribution in [3.8, 4) is 0 Å². The van der Waals surface area contributed by atoms with Crippen molar-refractivity contribution in [2.45, 2.75) is 37.1 Å². The van der Waals surface area contributed by atoms with Gasteiger partial charge in [-0.2, -0.15) is 0 Å². The fourth-order valence-electron chi connectivity index (χ4n) is 1.38. The second kappa shape index (κ2) is 5.34. The Kier molecular flexibility index (Phi) is 4.05. The third-order valence-electron chi connectivity index (χ3n) is 2.54. The minimum atomic E-state index is 0.223. The van der Waals surface area contributed by atoms with Gasteiger partial charge in [0.05, 0.1) is 0 Å². The molecule has 0 atom stereocenters. The van der Waals surface area contributed by atoms with Gasteiger partial charge >= 0.3 is 0 Å². The van der Waals surface area contributed by atoms with Crippen LogP contribution in [0.1, 0.15) is 36.6 Å². The molecule has 5 heteroatoms. The van der Waals surface area contributed by atoms with Gasteiger partial charge < -0.3 is 5.11 Å². The first-order chi connectivity index (χ1) is 7.72. The average Bonchev–Trinajstić information content (AvgIpc) is 3.08. The summed E-state index contributed by atoms with van der Waals surface area (Å²) in [5.41, 5.74) is 0.953. The van der Waals surface area contributed by atoms with Crippen molar-refractivity contribution in [1.82, 2.24) is 9.97 Å². The summed E-state index contributed by atoms with van der Waals surface area (Å²) in [6.45, 7) is 2.17. The van der Waals surface area contributed by atoms with Gasteiger partial charge in [0.15, 0.2) is 0 Å². The largest absolute Gasteiger partial charge is 0.396 e. The quantitative estimate of drug-likeness (QED) is 0.501. The second-order valence-corrected chi connectivity index (χ2v) is 5.44. The molecule has 0 unspecified atom stereocenters. The van der Waals surface area contributed by atoms with E-state index >= 15 is 0 Å². The monoisotopic (exact) mass is 258 g/mol. The molecule has 0 radical (unpaired) electrons. The molecule has 0 aliphatic heterocycles. The molecule has 16 heavy (non-hydrogen) atoms. The molecule has 1 fully saturated rings. The molecular weight excluding hydrogens is 244 g/mol. The Hall–Kier alpha value is -0.320. The lowest BCUT2D eigenvalue weighted by Crippen LogP contribution is -1.99. The molecule has 1 heterocycles. The van der Waals surface area contributed by atoms with Crippen molar-refractivity contribution in [2.75, 3.05) is 12.4 Å². The lowest BCUT2D eigenvalue weighted by atomic mass is 10.3. The van der Waals surface area contributed by atoms with Gasteiger partial charge in [-0.25, -0.2) is 9.97 Å². The maximum Gasteiger partial charge on any atom is 0.136 e. The Labute approximate surface area is 105 Å². The van der Waals surface area contributed by atoms with Crippen LogP contribution < -0.4 is 0 Å². The zero-order valence-corrected chi connectivity index (χ0v) is 10.8. The van der Waals surface area contributed by atoms with Crippen LogP contribution in [0.3, 0.4) is 0 Å². The number of aliphatic hydroxyl groups excluding tert-OH is 1. The minimum Gasteiger partial charge on any atom is -0.396 e. The van der Waals surface area contributed by atoms with Crippen LogP contribution in [-0.4, -0.2) is 27.4 Å². The smallest absolute Gasteiger partial charge is 0.136 e. The highest BCUT2D eigenvalue weighted by Crippen LogP contribution is 2.39. The molecule has 0 amide bonds. The molecule has 0 spiro atoms. The van der Waals surface area contributed by atoms with Crippen LogP contribution in [0.25, 0.3) is 0 Å². The molecule has 0 bridgehead atoms. The van der Waals surface area contributed by atoms with Crippen LogP contribution in [0.15, 0.2) is 5.03 Å². The molecule has 0 saturated heterocycles. The first kappa shape index (κ1) is 12.1. The minimum absolute atomic E-state index is 0.223. The molecule has 1 N–H and O–H groups in total. The highest BCUT2D eigenvalue weighted by molar-refractivity contribution is 7.99. The van der Waals surface area contributed by atoms with E-state index < -0.39 is 0 Å². The van der Waals surface area contributed by atoms with Gasteiger partial charge in [0.1, 0.15) is 16.0 Å². The third kappa shape index (κ3) is 2.87. The standard InChI is InChI=1S/C11H15ClN2OS/c1-7-9(12)13-10(8-3-4-8)14-11(7)16-6-2-5-15/h8,15H,2-6H2,1H3. The van der Waals surface area contributed by atoms with Crippen LogP contribution in [0.5, 0.6) is 0 Å². The second-order valence-electron chi connectivity index (χ2n) is 4.00. The molecule has 1 saturated carbocycles. The van der Waals surface area contributed by atoms with Crippen molar-refractivity contribution in [1.29, 1.82) is 0 Å². The Bertz CT molecular complexity index is 382. The van der Waals surface area contributed by atoms with Gasteiger partial charge in [0.25, 0.3) is 0 Å². The van der Waals surface area contributed by atoms with Crippen LogP contribution >= 0.6 is 23.4 Å². The maximum atomic E-state index is 8.75. The first-order valence-electron chi connectivity index (χ1n) is 5.50. The SMILES string of the molecule is Cc1c(Cl)nc(C2CC2)nc1SCCCO. The van der Waals surface area contributed by atoms with E-state index in [1.54, 1.807) is 11.8 Å². The summed E-state index contributed by atoms with van der Waals surface area (Å²) in [6.07, 6.45) is 3.14. The molecule has 0 aromatic carbocycles. The molecule has 1 aromatic rings. The number of aliphatic hydroxyl groups is 1. The fraction of sp³-hybridized carbons (Fsp3) is 0.636. The molecule has 88 valence electrons. The maximum absolute atomic E-state index is 8.75. The van der Waals surface area contributed by atoms with E-state index in [0.29, 0.717) is 11.1 Å². The summed E-state index contributed by atoms with van der Waals surface area (Å²) in [7, 11) is 0. The summed E-state index contributed by atoms with van der Waals surface area (Å²) < 4.78 is 0. The summed E-state index contributed by atoms with van der Waals surface area (Å²) >= 11 is 7.74. The van der Waals surface area contributed by atoms with Gasteiger partial charge in [-0.3, -0.25) is 0 Å². The predicted octanol–water partition coefficient (Wildman–Crippen LogP) is 2.79. The molecule has 3 nitrogen and oxygen atoms in total. The molecule has 1 aliphatic rings. The van der Waals surface area contributed by atoms with Gasteiger partial charge in [0, 0.05) is 23.8 Å². The zero-order valence-electron chi connectivity index (χ0n) is 9.24. The number of thioether (sulfide) groups is 1. The molecule has 1 aromatic heterocycles. The van der Waals surface area contributed by atoms with E-state index in [-0.39, 0.29) is 6.61 Å². The van der Waals surface area contributed by atoms with Crippen molar-refractivity contribution in [3.63, 3.8) is 0 Å². The number of rotatable bonds is 5. The molecule has 2 rings (SSSR count). The summed E-state index contributed by atoms with van der Waals surface area (Å²) in [5.74, 6) is 2.28. The van der Waals surface area contributed by atoms with Crippen molar-refractivity contribution in [3.05, 3.63) is 16.5 Å². The Balaban J connectivity index is 2.14. The van der Waals surface area contributed by atoms with Gasteiger partial charge in [-0.15, -0.1) is 11.8 Å². The van der Waals surface area contributed by atoms with E-state index in [1.807, 2.05) is 6.92 Å². The lowest BCUT2D eigenvalue weighted by molar-refractivity contribution is 0.296. The average molecular weight is 259 g/mol. The van der Waals surface area contributed by atoms with Gasteiger partial charge in [-0.05, 0) is 26.2 Å². The van der Waals surface area contributed by atoms with Crippen LogP contribution in [0, 0.1) is 6.92 Å². The normalized spacial score (nSPS) is 15.4. The Morgan fingerprint density at radius 1 is 1.44 bits per heavy atom. The summed E-state index contributed by atoms with van der Waals surface area (Å²) in [6, 6.07) is 0. The van der Waals surface area contributed by atoms with Crippen LogP contribution in [-0.2, 0) is 0 Å². The fourth-order valence-corrected chi connectivity index (χ4v) is 2.55. The van der Waals surface area contributed by atoms with Crippen molar-refractivity contribution in [2.24, 2.45) is 0 Å². The highest BCUT2D eigenvalue weighted by Gasteiger charge is 2.27. The predicted molar refractivity (Wildman–Crippen MR) is 66.2 cm³/mol. The number of aromatic nitrogens is 2. The van der Waals surface area contributed by atoms with E-state index in [2.05, 4.69) is 9.97 Å². The van der Waals surface area contributed by atoms with E-state index in [0.717, 1.165) is 28.6 Å². The molecule has 1 aliphatic carbocycles. The van der Waals surface area contributed by atoms with E-state index in [1.165, 1.54) is 12.8 Å². The summed E-state index contributed by atoms with van der Waals surface area (Å²) in [5, 5.41) is 10.3. The van der Waals surface area contributed by atoms with E-state index in [9.17, 15) is 0 Å². The van der Waals surface area contributed by atoms with Crippen LogP contribution in [0.2, 0.25) is 5.15 Å².